The molecule has 0 saturated heterocycles. The van der Waals surface area contributed by atoms with Gasteiger partial charge in [0.25, 0.3) is 20.2 Å². The zero-order valence-electron chi connectivity index (χ0n) is 11.2. The summed E-state index contributed by atoms with van der Waals surface area (Å²) in [5.41, 5.74) is 0.342. The van der Waals surface area contributed by atoms with E-state index in [0.717, 1.165) is 19.2 Å². The number of fused-ring (bicyclic) bond motifs is 1. The molecule has 0 atom stereocenters. The molecule has 2 rings (SSSR count). The van der Waals surface area contributed by atoms with Crippen LogP contribution in [0.4, 0.5) is 0 Å². The second-order valence-electron chi connectivity index (χ2n) is 4.08. The minimum Gasteiger partial charge on any atom is -0.400 e. The van der Waals surface area contributed by atoms with E-state index >= 15 is 0 Å². The first-order chi connectivity index (χ1) is 9.59. The maximum Gasteiger partial charge on any atom is 0.294 e. The van der Waals surface area contributed by atoms with Crippen LogP contribution in [-0.2, 0) is 20.2 Å². The number of hydrogen-bond donors (Lipinski definition) is 3. The summed E-state index contributed by atoms with van der Waals surface area (Å²) in [5.74, 6) is 0. The molecule has 0 amide bonds. The molecule has 0 saturated carbocycles. The summed E-state index contributed by atoms with van der Waals surface area (Å²) in [4.78, 5) is -0.641. The molecule has 0 unspecified atom stereocenters. The van der Waals surface area contributed by atoms with E-state index in [9.17, 15) is 16.8 Å². The summed E-state index contributed by atoms with van der Waals surface area (Å²) in [6.45, 7) is 1.51. The lowest BCUT2D eigenvalue weighted by Gasteiger charge is -2.06. The molecule has 2 aromatic carbocycles. The average molecular weight is 334 g/mol. The number of aliphatic hydroxyl groups excluding tert-OH is 1. The Morgan fingerprint density at radius 3 is 1.86 bits per heavy atom. The van der Waals surface area contributed by atoms with Crippen LogP contribution in [0, 0.1) is 6.92 Å². The molecule has 116 valence electrons. The van der Waals surface area contributed by atoms with Gasteiger partial charge in [-0.1, -0.05) is 12.1 Å². The van der Waals surface area contributed by atoms with Crippen molar-refractivity contribution in [2.45, 2.75) is 16.7 Å². The minimum atomic E-state index is -4.39. The van der Waals surface area contributed by atoms with Gasteiger partial charge in [0, 0.05) is 7.11 Å². The van der Waals surface area contributed by atoms with Gasteiger partial charge in [-0.2, -0.15) is 16.8 Å². The molecule has 3 N–H and O–H groups in total. The van der Waals surface area contributed by atoms with Gasteiger partial charge < -0.3 is 5.11 Å². The van der Waals surface area contributed by atoms with Crippen LogP contribution in [-0.4, -0.2) is 38.2 Å². The predicted molar refractivity (Wildman–Crippen MR) is 76.5 cm³/mol. The number of aliphatic hydroxyl groups is 1. The van der Waals surface area contributed by atoms with Crippen LogP contribution in [0.2, 0.25) is 0 Å². The predicted octanol–water partition coefficient (Wildman–Crippen LogP) is 1.25. The molecule has 0 fully saturated rings. The molecule has 0 bridgehead atoms. The number of benzene rings is 2. The Bertz CT molecular complexity index is 868. The Morgan fingerprint density at radius 2 is 1.38 bits per heavy atom. The average Bonchev–Trinajstić information content (AvgIpc) is 2.37. The van der Waals surface area contributed by atoms with Crippen molar-refractivity contribution < 1.29 is 31.0 Å². The van der Waals surface area contributed by atoms with E-state index < -0.39 is 20.2 Å². The highest BCUT2D eigenvalue weighted by atomic mass is 32.2. The fourth-order valence-electron chi connectivity index (χ4n) is 1.81. The molecule has 0 aromatic heterocycles. The van der Waals surface area contributed by atoms with Gasteiger partial charge in [-0.25, -0.2) is 0 Å². The quantitative estimate of drug-likeness (QED) is 0.705. The first-order valence-corrected chi connectivity index (χ1v) is 8.41. The van der Waals surface area contributed by atoms with Crippen molar-refractivity contribution >= 4 is 31.0 Å². The third kappa shape index (κ3) is 3.99. The Balaban J connectivity index is 0.00000106. The number of rotatable bonds is 2. The summed E-state index contributed by atoms with van der Waals surface area (Å²) in [6.07, 6.45) is 0. The third-order valence-electron chi connectivity index (χ3n) is 2.68. The van der Waals surface area contributed by atoms with E-state index in [2.05, 4.69) is 0 Å². The highest BCUT2D eigenvalue weighted by Gasteiger charge is 2.16. The molecular weight excluding hydrogens is 320 g/mol. The lowest BCUT2D eigenvalue weighted by Crippen LogP contribution is -2.01. The van der Waals surface area contributed by atoms with Gasteiger partial charge in [-0.3, -0.25) is 9.11 Å². The van der Waals surface area contributed by atoms with Gasteiger partial charge in [0.2, 0.25) is 0 Å². The Labute approximate surface area is 122 Å². The highest BCUT2D eigenvalue weighted by Crippen LogP contribution is 2.25. The molecule has 0 aliphatic rings. The second-order valence-corrected chi connectivity index (χ2v) is 6.89. The van der Waals surface area contributed by atoms with E-state index in [4.69, 9.17) is 14.2 Å². The third-order valence-corrected chi connectivity index (χ3v) is 4.53. The van der Waals surface area contributed by atoms with Gasteiger partial charge >= 0.3 is 0 Å². The van der Waals surface area contributed by atoms with Crippen molar-refractivity contribution in [2.24, 2.45) is 0 Å². The van der Waals surface area contributed by atoms with Crippen molar-refractivity contribution in [3.05, 3.63) is 35.9 Å². The first-order valence-electron chi connectivity index (χ1n) is 5.53. The van der Waals surface area contributed by atoms with Crippen LogP contribution in [0.3, 0.4) is 0 Å². The molecule has 0 aliphatic carbocycles. The molecule has 21 heavy (non-hydrogen) atoms. The van der Waals surface area contributed by atoms with Crippen molar-refractivity contribution in [1.82, 2.24) is 0 Å². The van der Waals surface area contributed by atoms with Crippen LogP contribution >= 0.6 is 0 Å². The maximum absolute atomic E-state index is 11.2. The van der Waals surface area contributed by atoms with Crippen LogP contribution in [0.25, 0.3) is 10.8 Å². The second kappa shape index (κ2) is 6.08. The normalized spacial score (nSPS) is 11.9. The molecule has 0 heterocycles. The van der Waals surface area contributed by atoms with Gasteiger partial charge in [0.1, 0.15) is 0 Å². The summed E-state index contributed by atoms with van der Waals surface area (Å²) in [7, 11) is -7.75. The van der Waals surface area contributed by atoms with Crippen molar-refractivity contribution in [3.8, 4) is 0 Å². The molecule has 9 heteroatoms. The Hall–Kier alpha value is -1.52. The fourth-order valence-corrected chi connectivity index (χ4v) is 3.06. The Kier molecular flexibility index (Phi) is 5.07. The zero-order valence-corrected chi connectivity index (χ0v) is 12.8. The van der Waals surface area contributed by atoms with Crippen molar-refractivity contribution in [3.63, 3.8) is 0 Å². The molecule has 0 aliphatic heterocycles. The van der Waals surface area contributed by atoms with Crippen LogP contribution in [0.15, 0.2) is 40.1 Å². The molecular formula is C12H14O7S2. The van der Waals surface area contributed by atoms with Gasteiger partial charge in [-0.15, -0.1) is 0 Å². The van der Waals surface area contributed by atoms with E-state index in [1.54, 1.807) is 0 Å². The maximum atomic E-state index is 11.2. The Morgan fingerprint density at radius 1 is 0.810 bits per heavy atom. The van der Waals surface area contributed by atoms with Crippen molar-refractivity contribution in [1.29, 1.82) is 0 Å². The molecule has 0 radical (unpaired) electrons. The number of hydrogen-bond acceptors (Lipinski definition) is 5. The lowest BCUT2D eigenvalue weighted by atomic mass is 10.1. The summed E-state index contributed by atoms with van der Waals surface area (Å²) >= 11 is 0. The summed E-state index contributed by atoms with van der Waals surface area (Å²) in [5, 5.41) is 7.88. The summed E-state index contributed by atoms with van der Waals surface area (Å²) in [6, 6.07) is 6.46. The van der Waals surface area contributed by atoms with E-state index in [0.29, 0.717) is 10.9 Å². The van der Waals surface area contributed by atoms with E-state index in [-0.39, 0.29) is 15.2 Å². The molecule has 0 spiro atoms. The fraction of sp³-hybridized carbons (Fsp3) is 0.167. The largest absolute Gasteiger partial charge is 0.400 e. The van der Waals surface area contributed by atoms with Crippen LogP contribution in [0.1, 0.15) is 5.56 Å². The van der Waals surface area contributed by atoms with Gasteiger partial charge in [-0.05, 0) is 41.5 Å². The van der Waals surface area contributed by atoms with Crippen LogP contribution < -0.4 is 0 Å². The van der Waals surface area contributed by atoms with Gasteiger partial charge in [0.05, 0.1) is 9.79 Å². The summed E-state index contributed by atoms with van der Waals surface area (Å²) < 4.78 is 62.4. The lowest BCUT2D eigenvalue weighted by molar-refractivity contribution is 0.399. The van der Waals surface area contributed by atoms with Gasteiger partial charge in [0.15, 0.2) is 0 Å². The minimum absolute atomic E-state index is 0.286. The van der Waals surface area contributed by atoms with Crippen LogP contribution in [0.5, 0.6) is 0 Å². The highest BCUT2D eigenvalue weighted by molar-refractivity contribution is 7.86. The smallest absolute Gasteiger partial charge is 0.294 e. The van der Waals surface area contributed by atoms with Crippen molar-refractivity contribution in [2.75, 3.05) is 7.11 Å². The van der Waals surface area contributed by atoms with E-state index in [1.807, 2.05) is 0 Å². The first kappa shape index (κ1) is 17.5. The topological polar surface area (TPSA) is 129 Å². The van der Waals surface area contributed by atoms with E-state index in [1.165, 1.54) is 25.1 Å². The monoisotopic (exact) mass is 334 g/mol. The molecule has 2 aromatic rings. The standard InChI is InChI=1S/C11H10O6S2.CH4O/c1-7-4-8-2-3-10(18(12,13)14)5-9(8)6-11(7)19(15,16)17;1-2/h2-6H,1H3,(H,12,13,14)(H,15,16,17);2H,1H3. The number of aryl methyl sites for hydroxylation is 1. The SMILES string of the molecule is CO.Cc1cc2ccc(S(=O)(=O)O)cc2cc1S(=O)(=O)O. The molecule has 7 nitrogen and oxygen atoms in total. The zero-order chi connectivity index (χ0) is 16.4.